The van der Waals surface area contributed by atoms with Crippen LogP contribution >= 0.6 is 0 Å². The standard InChI is InChI=1S/C13H24O2/c1-2-3-4-5-6-9-12(14)13-10-7-8-11-15-13/h13H,2-11H2,1H3. The number of unbranched alkanes of at least 4 members (excludes halogenated alkanes) is 4. The molecule has 2 nitrogen and oxygen atoms in total. The molecular formula is C13H24O2. The van der Waals surface area contributed by atoms with Crippen molar-refractivity contribution in [3.8, 4) is 0 Å². The quantitative estimate of drug-likeness (QED) is 0.604. The van der Waals surface area contributed by atoms with Crippen molar-refractivity contribution in [1.29, 1.82) is 0 Å². The smallest absolute Gasteiger partial charge is 0.161 e. The van der Waals surface area contributed by atoms with E-state index in [1.165, 1.54) is 25.7 Å². The monoisotopic (exact) mass is 212 g/mol. The molecule has 0 N–H and O–H groups in total. The predicted octanol–water partition coefficient (Wildman–Crippen LogP) is 3.49. The third-order valence-electron chi connectivity index (χ3n) is 3.07. The van der Waals surface area contributed by atoms with Gasteiger partial charge >= 0.3 is 0 Å². The molecular weight excluding hydrogens is 188 g/mol. The minimum absolute atomic E-state index is 0.0649. The van der Waals surface area contributed by atoms with Crippen LogP contribution < -0.4 is 0 Å². The Morgan fingerprint density at radius 1 is 1.20 bits per heavy atom. The largest absolute Gasteiger partial charge is 0.370 e. The van der Waals surface area contributed by atoms with E-state index in [0.717, 1.165) is 38.7 Å². The van der Waals surface area contributed by atoms with E-state index >= 15 is 0 Å². The van der Waals surface area contributed by atoms with E-state index < -0.39 is 0 Å². The van der Waals surface area contributed by atoms with Crippen molar-refractivity contribution < 1.29 is 9.53 Å². The summed E-state index contributed by atoms with van der Waals surface area (Å²) < 4.78 is 5.47. The highest BCUT2D eigenvalue weighted by molar-refractivity contribution is 5.83. The Morgan fingerprint density at radius 3 is 2.67 bits per heavy atom. The molecule has 0 saturated carbocycles. The van der Waals surface area contributed by atoms with E-state index in [1.807, 2.05) is 0 Å². The van der Waals surface area contributed by atoms with Gasteiger partial charge in [0.1, 0.15) is 6.10 Å². The maximum Gasteiger partial charge on any atom is 0.161 e. The molecule has 1 unspecified atom stereocenters. The molecule has 0 aliphatic carbocycles. The van der Waals surface area contributed by atoms with Crippen LogP contribution in [0, 0.1) is 0 Å². The van der Waals surface area contributed by atoms with Crippen molar-refractivity contribution in [3.63, 3.8) is 0 Å². The Balaban J connectivity index is 2.02. The lowest BCUT2D eigenvalue weighted by Gasteiger charge is -2.21. The van der Waals surface area contributed by atoms with Gasteiger partial charge in [-0.1, -0.05) is 32.6 Å². The van der Waals surface area contributed by atoms with Crippen molar-refractivity contribution in [2.45, 2.75) is 70.8 Å². The topological polar surface area (TPSA) is 26.3 Å². The Bertz CT molecular complexity index is 171. The maximum atomic E-state index is 11.7. The Kier molecular flexibility index (Phi) is 6.66. The summed E-state index contributed by atoms with van der Waals surface area (Å²) in [5.41, 5.74) is 0. The summed E-state index contributed by atoms with van der Waals surface area (Å²) in [6.07, 6.45) is 9.99. The van der Waals surface area contributed by atoms with Gasteiger partial charge in [0.25, 0.3) is 0 Å². The second-order valence-electron chi connectivity index (χ2n) is 4.49. The first-order valence-electron chi connectivity index (χ1n) is 6.49. The molecule has 0 spiro atoms. The molecule has 0 aromatic heterocycles. The second kappa shape index (κ2) is 7.86. The minimum Gasteiger partial charge on any atom is -0.370 e. The fourth-order valence-electron chi connectivity index (χ4n) is 2.06. The molecule has 0 radical (unpaired) electrons. The van der Waals surface area contributed by atoms with Gasteiger partial charge in [-0.2, -0.15) is 0 Å². The second-order valence-corrected chi connectivity index (χ2v) is 4.49. The van der Waals surface area contributed by atoms with Gasteiger partial charge < -0.3 is 4.74 Å². The summed E-state index contributed by atoms with van der Waals surface area (Å²) in [5, 5.41) is 0. The maximum absolute atomic E-state index is 11.7. The zero-order chi connectivity index (χ0) is 10.9. The van der Waals surface area contributed by atoms with E-state index in [2.05, 4.69) is 6.92 Å². The molecule has 1 atom stereocenters. The van der Waals surface area contributed by atoms with Crippen LogP contribution in [0.2, 0.25) is 0 Å². The zero-order valence-corrected chi connectivity index (χ0v) is 9.96. The number of Topliss-reactive ketones (excluding diaryl/α,β-unsaturated/α-hetero) is 1. The van der Waals surface area contributed by atoms with Crippen LogP contribution in [0.5, 0.6) is 0 Å². The fraction of sp³-hybridized carbons (Fsp3) is 0.923. The number of hydrogen-bond donors (Lipinski definition) is 0. The molecule has 2 heteroatoms. The molecule has 0 aromatic rings. The average Bonchev–Trinajstić information content (AvgIpc) is 2.30. The van der Waals surface area contributed by atoms with Gasteiger partial charge in [-0.25, -0.2) is 0 Å². The fourth-order valence-corrected chi connectivity index (χ4v) is 2.06. The number of rotatable bonds is 7. The third kappa shape index (κ3) is 5.31. The zero-order valence-electron chi connectivity index (χ0n) is 9.96. The van der Waals surface area contributed by atoms with Crippen LogP contribution in [0.3, 0.4) is 0 Å². The highest BCUT2D eigenvalue weighted by Crippen LogP contribution is 2.16. The van der Waals surface area contributed by atoms with Gasteiger partial charge in [0, 0.05) is 13.0 Å². The third-order valence-corrected chi connectivity index (χ3v) is 3.07. The van der Waals surface area contributed by atoms with Crippen LogP contribution in [-0.2, 0) is 9.53 Å². The van der Waals surface area contributed by atoms with Crippen molar-refractivity contribution in [2.75, 3.05) is 6.61 Å². The van der Waals surface area contributed by atoms with E-state index in [1.54, 1.807) is 0 Å². The molecule has 1 saturated heterocycles. The molecule has 1 aliphatic heterocycles. The number of carbonyl (C=O) groups excluding carboxylic acids is 1. The summed E-state index contributed by atoms with van der Waals surface area (Å²) in [6.45, 7) is 2.99. The summed E-state index contributed by atoms with van der Waals surface area (Å²) >= 11 is 0. The molecule has 0 aromatic carbocycles. The van der Waals surface area contributed by atoms with Crippen molar-refractivity contribution >= 4 is 5.78 Å². The molecule has 1 rings (SSSR count). The van der Waals surface area contributed by atoms with Crippen LogP contribution in [-0.4, -0.2) is 18.5 Å². The average molecular weight is 212 g/mol. The van der Waals surface area contributed by atoms with Crippen LogP contribution in [0.4, 0.5) is 0 Å². The SMILES string of the molecule is CCCCCCCC(=O)C1CCCCO1. The van der Waals surface area contributed by atoms with Gasteiger partial charge in [0.15, 0.2) is 5.78 Å². The molecule has 88 valence electrons. The highest BCUT2D eigenvalue weighted by Gasteiger charge is 2.20. The molecule has 0 amide bonds. The van der Waals surface area contributed by atoms with E-state index in [4.69, 9.17) is 4.74 Å². The van der Waals surface area contributed by atoms with E-state index in [0.29, 0.717) is 5.78 Å². The number of ether oxygens (including phenoxy) is 1. The molecule has 15 heavy (non-hydrogen) atoms. The van der Waals surface area contributed by atoms with Gasteiger partial charge in [0.05, 0.1) is 0 Å². The lowest BCUT2D eigenvalue weighted by molar-refractivity contribution is -0.133. The first kappa shape index (κ1) is 12.7. The molecule has 1 aliphatic rings. The lowest BCUT2D eigenvalue weighted by Crippen LogP contribution is -2.27. The first-order valence-corrected chi connectivity index (χ1v) is 6.49. The number of hydrogen-bond acceptors (Lipinski definition) is 2. The molecule has 1 fully saturated rings. The van der Waals surface area contributed by atoms with Crippen molar-refractivity contribution in [1.82, 2.24) is 0 Å². The number of ketones is 1. The van der Waals surface area contributed by atoms with Gasteiger partial charge in [0.2, 0.25) is 0 Å². The Labute approximate surface area is 93.4 Å². The minimum atomic E-state index is -0.0649. The molecule has 0 bridgehead atoms. The Morgan fingerprint density at radius 2 is 2.00 bits per heavy atom. The van der Waals surface area contributed by atoms with Crippen LogP contribution in [0.1, 0.15) is 64.7 Å². The van der Waals surface area contributed by atoms with E-state index in [9.17, 15) is 4.79 Å². The predicted molar refractivity (Wildman–Crippen MR) is 62.0 cm³/mol. The van der Waals surface area contributed by atoms with Crippen LogP contribution in [0.25, 0.3) is 0 Å². The lowest BCUT2D eigenvalue weighted by atomic mass is 10.0. The Hall–Kier alpha value is -0.370. The first-order chi connectivity index (χ1) is 7.34. The summed E-state index contributed by atoms with van der Waals surface area (Å²) in [7, 11) is 0. The summed E-state index contributed by atoms with van der Waals surface area (Å²) in [4.78, 5) is 11.7. The van der Waals surface area contributed by atoms with Gasteiger partial charge in [-0.05, 0) is 25.7 Å². The highest BCUT2D eigenvalue weighted by atomic mass is 16.5. The molecule has 1 heterocycles. The van der Waals surface area contributed by atoms with E-state index in [-0.39, 0.29) is 6.10 Å². The van der Waals surface area contributed by atoms with Gasteiger partial charge in [-0.3, -0.25) is 4.79 Å². The summed E-state index contributed by atoms with van der Waals surface area (Å²) in [5.74, 6) is 0.339. The van der Waals surface area contributed by atoms with Crippen molar-refractivity contribution in [3.05, 3.63) is 0 Å². The van der Waals surface area contributed by atoms with Gasteiger partial charge in [-0.15, -0.1) is 0 Å². The normalized spacial score (nSPS) is 21.5. The van der Waals surface area contributed by atoms with Crippen LogP contribution in [0.15, 0.2) is 0 Å². The summed E-state index contributed by atoms with van der Waals surface area (Å²) in [6, 6.07) is 0. The van der Waals surface area contributed by atoms with Crippen molar-refractivity contribution in [2.24, 2.45) is 0 Å². The number of carbonyl (C=O) groups is 1.